The van der Waals surface area contributed by atoms with Gasteiger partial charge in [-0.3, -0.25) is 19.7 Å². The molecular weight excluding hydrogens is 369 g/mol. The molecule has 1 rings (SSSR count). The fraction of sp³-hybridized carbons (Fsp3) is 0.600. The minimum atomic E-state index is -0.684. The Balaban J connectivity index is 2.16. The third-order valence-electron chi connectivity index (χ3n) is 4.15. The van der Waals surface area contributed by atoms with Gasteiger partial charge in [0.15, 0.2) is 0 Å². The monoisotopic (exact) mass is 397 g/mol. The van der Waals surface area contributed by atoms with Gasteiger partial charge in [0, 0.05) is 30.5 Å². The molecular formula is C20H28FNO6. The molecule has 156 valence electrons. The number of nitrogens with zero attached hydrogens (tertiary/aromatic N) is 1. The van der Waals surface area contributed by atoms with Gasteiger partial charge in [-0.05, 0) is 18.9 Å². The third-order valence-corrected chi connectivity index (χ3v) is 4.15. The van der Waals surface area contributed by atoms with Crippen molar-refractivity contribution in [1.29, 1.82) is 0 Å². The average molecular weight is 397 g/mol. The van der Waals surface area contributed by atoms with Crippen LogP contribution in [0.4, 0.5) is 10.1 Å². The first-order valence-electron chi connectivity index (χ1n) is 9.68. The number of hydrogen-bond donors (Lipinski definition) is 0. The third kappa shape index (κ3) is 9.99. The van der Waals surface area contributed by atoms with E-state index in [1.54, 1.807) is 0 Å². The Morgan fingerprint density at radius 1 is 1.00 bits per heavy atom. The van der Waals surface area contributed by atoms with Gasteiger partial charge in [0.2, 0.25) is 0 Å². The van der Waals surface area contributed by atoms with Gasteiger partial charge < -0.3 is 9.47 Å². The van der Waals surface area contributed by atoms with Crippen molar-refractivity contribution in [3.05, 3.63) is 39.7 Å². The SMILES string of the molecule is CCCCCCCCOC(=O)CCCC(=O)OCc1cc([N+](=O)[O-])ccc1F. The lowest BCUT2D eigenvalue weighted by Crippen LogP contribution is -2.09. The number of hydrogen-bond acceptors (Lipinski definition) is 6. The van der Waals surface area contributed by atoms with Gasteiger partial charge in [0.25, 0.3) is 5.69 Å². The Labute approximate surface area is 164 Å². The molecule has 0 unspecified atom stereocenters. The molecule has 8 heteroatoms. The molecule has 0 spiro atoms. The van der Waals surface area contributed by atoms with E-state index in [1.807, 2.05) is 0 Å². The maximum Gasteiger partial charge on any atom is 0.306 e. The van der Waals surface area contributed by atoms with Crippen molar-refractivity contribution in [2.45, 2.75) is 71.3 Å². The zero-order valence-corrected chi connectivity index (χ0v) is 16.3. The number of esters is 2. The van der Waals surface area contributed by atoms with E-state index in [0.29, 0.717) is 6.61 Å². The number of benzene rings is 1. The summed E-state index contributed by atoms with van der Waals surface area (Å²) in [7, 11) is 0. The molecule has 0 bridgehead atoms. The molecule has 0 aliphatic heterocycles. The fourth-order valence-corrected chi connectivity index (χ4v) is 2.53. The molecule has 1 aromatic carbocycles. The van der Waals surface area contributed by atoms with Crippen LogP contribution in [-0.4, -0.2) is 23.5 Å². The average Bonchev–Trinajstić information content (AvgIpc) is 2.66. The van der Waals surface area contributed by atoms with Crippen molar-refractivity contribution >= 4 is 17.6 Å². The van der Waals surface area contributed by atoms with Crippen LogP contribution in [0, 0.1) is 15.9 Å². The first kappa shape index (κ1) is 23.5. The van der Waals surface area contributed by atoms with Crippen LogP contribution in [0.3, 0.4) is 0 Å². The first-order chi connectivity index (χ1) is 13.4. The topological polar surface area (TPSA) is 95.7 Å². The van der Waals surface area contributed by atoms with Crippen molar-refractivity contribution in [1.82, 2.24) is 0 Å². The van der Waals surface area contributed by atoms with E-state index in [1.165, 1.54) is 19.3 Å². The number of rotatable bonds is 14. The summed E-state index contributed by atoms with van der Waals surface area (Å²) in [5.74, 6) is -1.64. The second-order valence-electron chi connectivity index (χ2n) is 6.54. The predicted octanol–water partition coefficient (Wildman–Crippen LogP) is 4.85. The van der Waals surface area contributed by atoms with Crippen LogP contribution in [0.25, 0.3) is 0 Å². The zero-order valence-electron chi connectivity index (χ0n) is 16.3. The lowest BCUT2D eigenvalue weighted by Gasteiger charge is -2.07. The van der Waals surface area contributed by atoms with Crippen LogP contribution < -0.4 is 0 Å². The Morgan fingerprint density at radius 2 is 1.64 bits per heavy atom. The molecule has 28 heavy (non-hydrogen) atoms. The normalized spacial score (nSPS) is 10.5. The van der Waals surface area contributed by atoms with E-state index in [-0.39, 0.29) is 36.5 Å². The summed E-state index contributed by atoms with van der Waals surface area (Å²) in [6, 6.07) is 3.03. The number of nitro groups is 1. The van der Waals surface area contributed by atoms with Crippen LogP contribution in [0.1, 0.15) is 70.3 Å². The Bertz CT molecular complexity index is 650. The molecule has 0 atom stereocenters. The number of carbonyl (C=O) groups excluding carboxylic acids is 2. The van der Waals surface area contributed by atoms with Crippen LogP contribution in [0.2, 0.25) is 0 Å². The van der Waals surface area contributed by atoms with Crippen LogP contribution >= 0.6 is 0 Å². The fourth-order valence-electron chi connectivity index (χ4n) is 2.53. The highest BCUT2D eigenvalue weighted by atomic mass is 19.1. The number of non-ortho nitro benzene ring substituents is 1. The summed E-state index contributed by atoms with van der Waals surface area (Å²) < 4.78 is 23.6. The molecule has 7 nitrogen and oxygen atoms in total. The van der Waals surface area contributed by atoms with E-state index in [9.17, 15) is 24.1 Å². The highest BCUT2D eigenvalue weighted by Crippen LogP contribution is 2.18. The van der Waals surface area contributed by atoms with Gasteiger partial charge in [0.05, 0.1) is 11.5 Å². The molecule has 1 aromatic rings. The standard InChI is InChI=1S/C20H28FNO6/c1-2-3-4-5-6-7-13-27-19(23)9-8-10-20(24)28-15-16-14-17(22(25)26)11-12-18(16)21/h11-12,14H,2-10,13,15H2,1H3. The summed E-state index contributed by atoms with van der Waals surface area (Å²) in [5.41, 5.74) is -0.346. The first-order valence-corrected chi connectivity index (χ1v) is 9.68. The van der Waals surface area contributed by atoms with Gasteiger partial charge in [-0.15, -0.1) is 0 Å². The maximum atomic E-state index is 13.6. The van der Waals surface area contributed by atoms with Crippen molar-refractivity contribution in [3.63, 3.8) is 0 Å². The Morgan fingerprint density at radius 3 is 2.32 bits per heavy atom. The Kier molecular flexibility index (Phi) is 11.5. The summed E-state index contributed by atoms with van der Waals surface area (Å²) in [6.07, 6.45) is 7.00. The minimum absolute atomic E-state index is 0.0112. The largest absolute Gasteiger partial charge is 0.466 e. The zero-order chi connectivity index (χ0) is 20.8. The summed E-state index contributed by atoms with van der Waals surface area (Å²) in [5, 5.41) is 10.7. The summed E-state index contributed by atoms with van der Waals surface area (Å²) >= 11 is 0. The van der Waals surface area contributed by atoms with E-state index >= 15 is 0 Å². The number of halogens is 1. The number of unbranched alkanes of at least 4 members (excludes halogenated alkanes) is 5. The Hall–Kier alpha value is -2.51. The molecule has 0 N–H and O–H groups in total. The van der Waals surface area contributed by atoms with Crippen LogP contribution in [0.15, 0.2) is 18.2 Å². The number of ether oxygens (including phenoxy) is 2. The van der Waals surface area contributed by atoms with Gasteiger partial charge >= 0.3 is 11.9 Å². The molecule has 0 radical (unpaired) electrons. The minimum Gasteiger partial charge on any atom is -0.466 e. The van der Waals surface area contributed by atoms with E-state index in [2.05, 4.69) is 6.92 Å². The van der Waals surface area contributed by atoms with Gasteiger partial charge in [-0.2, -0.15) is 0 Å². The van der Waals surface area contributed by atoms with Gasteiger partial charge in [0.1, 0.15) is 12.4 Å². The number of nitro benzene ring substituents is 1. The van der Waals surface area contributed by atoms with Crippen molar-refractivity contribution in [3.8, 4) is 0 Å². The molecule has 0 aliphatic rings. The van der Waals surface area contributed by atoms with Crippen LogP contribution in [-0.2, 0) is 25.7 Å². The summed E-state index contributed by atoms with van der Waals surface area (Å²) in [4.78, 5) is 33.3. The molecule has 0 saturated carbocycles. The molecule has 0 heterocycles. The molecule has 0 aliphatic carbocycles. The molecule has 0 fully saturated rings. The van der Waals surface area contributed by atoms with E-state index in [0.717, 1.165) is 37.5 Å². The van der Waals surface area contributed by atoms with Gasteiger partial charge in [-0.1, -0.05) is 39.0 Å². The molecule has 0 aromatic heterocycles. The second-order valence-corrected chi connectivity index (χ2v) is 6.54. The quantitative estimate of drug-likeness (QED) is 0.193. The van der Waals surface area contributed by atoms with Gasteiger partial charge in [-0.25, -0.2) is 4.39 Å². The van der Waals surface area contributed by atoms with E-state index < -0.39 is 23.3 Å². The van der Waals surface area contributed by atoms with Crippen molar-refractivity contribution < 1.29 is 28.4 Å². The highest BCUT2D eigenvalue weighted by molar-refractivity contribution is 5.72. The maximum absolute atomic E-state index is 13.6. The van der Waals surface area contributed by atoms with Crippen LogP contribution in [0.5, 0.6) is 0 Å². The lowest BCUT2D eigenvalue weighted by molar-refractivity contribution is -0.385. The second kappa shape index (κ2) is 13.6. The van der Waals surface area contributed by atoms with Crippen molar-refractivity contribution in [2.24, 2.45) is 0 Å². The lowest BCUT2D eigenvalue weighted by atomic mass is 10.1. The number of carbonyl (C=O) groups is 2. The molecule has 0 saturated heterocycles. The van der Waals surface area contributed by atoms with Crippen molar-refractivity contribution in [2.75, 3.05) is 6.61 Å². The van der Waals surface area contributed by atoms with E-state index in [4.69, 9.17) is 9.47 Å². The molecule has 0 amide bonds. The predicted molar refractivity (Wildman–Crippen MR) is 101 cm³/mol. The summed E-state index contributed by atoms with van der Waals surface area (Å²) in [6.45, 7) is 2.15. The highest BCUT2D eigenvalue weighted by Gasteiger charge is 2.13. The smallest absolute Gasteiger partial charge is 0.306 e.